The molecular weight excluding hydrogens is 480 g/mol. The van der Waals surface area contributed by atoms with Crippen LogP contribution in [0.2, 0.25) is 0 Å². The van der Waals surface area contributed by atoms with Crippen molar-refractivity contribution in [1.82, 2.24) is 9.97 Å². The van der Waals surface area contributed by atoms with Crippen LogP contribution in [0.25, 0.3) is 43.7 Å². The molecule has 0 aliphatic heterocycles. The molecule has 0 aliphatic rings. The van der Waals surface area contributed by atoms with Crippen LogP contribution in [0.3, 0.4) is 0 Å². The Morgan fingerprint density at radius 3 is 2.21 bits per heavy atom. The third-order valence-corrected chi connectivity index (χ3v) is 6.91. The number of aryl methyl sites for hydroxylation is 1. The summed E-state index contributed by atoms with van der Waals surface area (Å²) in [6.07, 6.45) is 1.15. The van der Waals surface area contributed by atoms with Gasteiger partial charge in [-0.2, -0.15) is 0 Å². The number of ether oxygens (including phenoxy) is 1. The molecule has 0 aliphatic carbocycles. The zero-order valence-electron chi connectivity index (χ0n) is 20.3. The van der Waals surface area contributed by atoms with Gasteiger partial charge in [0, 0.05) is 27.3 Å². The maximum absolute atomic E-state index is 12.2. The zero-order valence-corrected chi connectivity index (χ0v) is 20.3. The molecule has 0 fully saturated rings. The Bertz CT molecular complexity index is 1840. The van der Waals surface area contributed by atoms with Gasteiger partial charge in [-0.1, -0.05) is 72.8 Å². The Morgan fingerprint density at radius 1 is 0.711 bits per heavy atom. The molecule has 0 radical (unpaired) electrons. The summed E-state index contributed by atoms with van der Waals surface area (Å²) in [7, 11) is 0. The van der Waals surface area contributed by atoms with E-state index < -0.39 is 11.9 Å². The molecule has 38 heavy (non-hydrogen) atoms. The highest BCUT2D eigenvalue weighted by molar-refractivity contribution is 6.08. The minimum Gasteiger partial charge on any atom is -0.493 e. The monoisotopic (exact) mass is 504 g/mol. The second-order valence-electron chi connectivity index (χ2n) is 9.20. The van der Waals surface area contributed by atoms with Crippen molar-refractivity contribution in [3.8, 4) is 16.9 Å². The summed E-state index contributed by atoms with van der Waals surface area (Å²) < 4.78 is 6.08. The Labute approximate surface area is 217 Å². The Hall–Kier alpha value is -5.04. The molecule has 7 nitrogen and oxygen atoms in total. The summed E-state index contributed by atoms with van der Waals surface area (Å²) in [6.45, 7) is 0.444. The number of carbonyl (C=O) groups is 2. The molecule has 0 saturated heterocycles. The molecule has 6 aromatic rings. The predicted molar refractivity (Wildman–Crippen MR) is 147 cm³/mol. The third-order valence-electron chi connectivity index (χ3n) is 6.91. The van der Waals surface area contributed by atoms with Crippen LogP contribution in [-0.4, -0.2) is 38.7 Å². The average Bonchev–Trinajstić information content (AvgIpc) is 3.53. The van der Waals surface area contributed by atoms with Crippen molar-refractivity contribution in [3.63, 3.8) is 0 Å². The van der Waals surface area contributed by atoms with Crippen molar-refractivity contribution in [2.45, 2.75) is 12.8 Å². The van der Waals surface area contributed by atoms with Crippen LogP contribution < -0.4 is 4.74 Å². The van der Waals surface area contributed by atoms with Crippen LogP contribution in [0.4, 0.5) is 0 Å². The number of carboxylic acid groups (broad SMARTS) is 2. The van der Waals surface area contributed by atoms with Crippen LogP contribution in [0.15, 0.2) is 84.9 Å². The van der Waals surface area contributed by atoms with E-state index in [2.05, 4.69) is 9.97 Å². The summed E-state index contributed by atoms with van der Waals surface area (Å²) >= 11 is 0. The predicted octanol–water partition coefficient (Wildman–Crippen LogP) is 6.88. The number of carboxylic acids is 2. The van der Waals surface area contributed by atoms with Crippen molar-refractivity contribution < 1.29 is 24.5 Å². The normalized spacial score (nSPS) is 11.4. The van der Waals surface area contributed by atoms with Crippen LogP contribution in [-0.2, 0) is 6.42 Å². The maximum atomic E-state index is 12.2. The topological polar surface area (TPSA) is 115 Å². The lowest BCUT2D eigenvalue weighted by atomic mass is 9.98. The van der Waals surface area contributed by atoms with Crippen molar-refractivity contribution >= 4 is 44.5 Å². The van der Waals surface area contributed by atoms with E-state index in [0.717, 1.165) is 44.0 Å². The molecule has 2 heterocycles. The van der Waals surface area contributed by atoms with Gasteiger partial charge in [-0.25, -0.2) is 9.59 Å². The lowest BCUT2D eigenvalue weighted by molar-refractivity contribution is 0.0680. The summed E-state index contributed by atoms with van der Waals surface area (Å²) in [4.78, 5) is 29.8. The highest BCUT2D eigenvalue weighted by atomic mass is 16.5. The molecule has 4 N–H and O–H groups in total. The Kier molecular flexibility index (Phi) is 5.81. The highest BCUT2D eigenvalue weighted by Crippen LogP contribution is 2.36. The van der Waals surface area contributed by atoms with Gasteiger partial charge in [0.25, 0.3) is 0 Å². The van der Waals surface area contributed by atoms with Crippen LogP contribution in [0.1, 0.15) is 33.0 Å². The Balaban J connectivity index is 1.33. The van der Waals surface area contributed by atoms with Crippen molar-refractivity contribution in [3.05, 3.63) is 102 Å². The fraction of sp³-hybridized carbons (Fsp3) is 0.0968. The van der Waals surface area contributed by atoms with Gasteiger partial charge in [-0.15, -0.1) is 0 Å². The molecular formula is C31H24N2O5. The summed E-state index contributed by atoms with van der Waals surface area (Å²) in [5, 5.41) is 23.2. The molecule has 2 aromatic heterocycles. The first-order chi connectivity index (χ1) is 18.5. The first kappa shape index (κ1) is 23.4. The molecule has 7 heteroatoms. The number of fused-ring (bicyclic) bond motifs is 3. The fourth-order valence-corrected chi connectivity index (χ4v) is 5.19. The van der Waals surface area contributed by atoms with Crippen LogP contribution in [0.5, 0.6) is 5.75 Å². The molecule has 188 valence electrons. The summed E-state index contributed by atoms with van der Waals surface area (Å²) in [6, 6.07) is 26.9. The maximum Gasteiger partial charge on any atom is 0.352 e. The van der Waals surface area contributed by atoms with Crippen molar-refractivity contribution in [1.29, 1.82) is 0 Å². The molecule has 0 spiro atoms. The second-order valence-corrected chi connectivity index (χ2v) is 9.20. The standard InChI is InChI=1S/C31H24N2O5/c34-30(35)25-17-19-9-3-11-21(27(19)32-25)22-12-5-13-23-24(29(31(36)37)33-28(22)23)14-6-16-38-26-15-4-8-18-7-1-2-10-20(18)26/h1-5,7-13,15,17,32-33H,6,14,16H2,(H,34,35)(H,36,37). The first-order valence-corrected chi connectivity index (χ1v) is 12.3. The van der Waals surface area contributed by atoms with Crippen LogP contribution >= 0.6 is 0 Å². The van der Waals surface area contributed by atoms with E-state index in [1.165, 1.54) is 0 Å². The lowest BCUT2D eigenvalue weighted by Crippen LogP contribution is -2.04. The number of aromatic carboxylic acids is 2. The quantitative estimate of drug-likeness (QED) is 0.169. The average molecular weight is 505 g/mol. The minimum atomic E-state index is -1.04. The van der Waals surface area contributed by atoms with E-state index in [-0.39, 0.29) is 11.4 Å². The van der Waals surface area contributed by atoms with Gasteiger partial charge in [0.05, 0.1) is 17.6 Å². The second kappa shape index (κ2) is 9.44. The van der Waals surface area contributed by atoms with Gasteiger partial charge in [0.2, 0.25) is 0 Å². The van der Waals surface area contributed by atoms with Gasteiger partial charge in [-0.05, 0) is 35.9 Å². The molecule has 6 rings (SSSR count). The Morgan fingerprint density at radius 2 is 1.39 bits per heavy atom. The number of nitrogens with one attached hydrogen (secondary N) is 2. The van der Waals surface area contributed by atoms with E-state index in [9.17, 15) is 19.8 Å². The summed E-state index contributed by atoms with van der Waals surface area (Å²) in [5.41, 5.74) is 3.97. The minimum absolute atomic E-state index is 0.101. The van der Waals surface area contributed by atoms with Gasteiger partial charge in [-0.3, -0.25) is 0 Å². The van der Waals surface area contributed by atoms with Crippen molar-refractivity contribution in [2.75, 3.05) is 6.61 Å². The van der Waals surface area contributed by atoms with Gasteiger partial charge in [0.15, 0.2) is 0 Å². The number of H-pyrrole nitrogens is 2. The number of para-hydroxylation sites is 2. The highest BCUT2D eigenvalue weighted by Gasteiger charge is 2.20. The van der Waals surface area contributed by atoms with E-state index in [4.69, 9.17) is 4.74 Å². The molecule has 0 unspecified atom stereocenters. The fourth-order valence-electron chi connectivity index (χ4n) is 5.19. The number of hydrogen-bond acceptors (Lipinski definition) is 3. The largest absolute Gasteiger partial charge is 0.493 e. The van der Waals surface area contributed by atoms with E-state index >= 15 is 0 Å². The number of aromatic nitrogens is 2. The molecule has 4 aromatic carbocycles. The van der Waals surface area contributed by atoms with E-state index in [0.29, 0.717) is 30.5 Å². The van der Waals surface area contributed by atoms with Gasteiger partial charge < -0.3 is 24.9 Å². The summed E-state index contributed by atoms with van der Waals surface area (Å²) in [5.74, 6) is -1.25. The first-order valence-electron chi connectivity index (χ1n) is 12.3. The molecule has 0 amide bonds. The number of hydrogen-bond donors (Lipinski definition) is 4. The molecule has 0 atom stereocenters. The zero-order chi connectivity index (χ0) is 26.2. The van der Waals surface area contributed by atoms with Crippen LogP contribution in [0, 0.1) is 0 Å². The smallest absolute Gasteiger partial charge is 0.352 e. The van der Waals surface area contributed by atoms with Gasteiger partial charge >= 0.3 is 11.9 Å². The lowest BCUT2D eigenvalue weighted by Gasteiger charge is -2.10. The molecule has 0 saturated carbocycles. The number of benzene rings is 4. The molecule has 0 bridgehead atoms. The number of aromatic amines is 2. The van der Waals surface area contributed by atoms with Crippen molar-refractivity contribution in [2.24, 2.45) is 0 Å². The van der Waals surface area contributed by atoms with E-state index in [1.54, 1.807) is 6.07 Å². The third kappa shape index (κ3) is 4.04. The van der Waals surface area contributed by atoms with Gasteiger partial charge in [0.1, 0.15) is 17.1 Å². The van der Waals surface area contributed by atoms with E-state index in [1.807, 2.05) is 78.9 Å². The SMILES string of the molecule is O=C(O)c1cc2cccc(-c3cccc4c(CCCOc5cccc6ccccc56)c(C(=O)O)[nH]c34)c2[nH]1. The number of rotatable bonds is 8.